The summed E-state index contributed by atoms with van der Waals surface area (Å²) in [5, 5.41) is 10.9. The number of hydrogen-bond donors (Lipinski definition) is 0. The van der Waals surface area contributed by atoms with E-state index in [0.29, 0.717) is 0 Å². The van der Waals surface area contributed by atoms with Crippen LogP contribution in [0.25, 0.3) is 10.9 Å². The normalized spacial score (nSPS) is 18.1. The average Bonchev–Trinajstić information content (AvgIpc) is 2.95. The zero-order valence-corrected chi connectivity index (χ0v) is 11.0. The number of fused-ring (bicyclic) bond motifs is 1. The Labute approximate surface area is 108 Å². The van der Waals surface area contributed by atoms with E-state index in [-0.39, 0.29) is 5.41 Å². The van der Waals surface area contributed by atoms with Crippen LogP contribution in [0.15, 0.2) is 24.4 Å². The van der Waals surface area contributed by atoms with Crippen LogP contribution >= 0.6 is 0 Å². The molecule has 3 rings (SSSR count). The van der Waals surface area contributed by atoms with Crippen LogP contribution < -0.4 is 0 Å². The van der Waals surface area contributed by atoms with Crippen molar-refractivity contribution in [3.05, 3.63) is 35.5 Å². The smallest absolute Gasteiger partial charge is 0.0843 e. The van der Waals surface area contributed by atoms with Crippen molar-refractivity contribution in [2.75, 3.05) is 0 Å². The molecule has 1 aliphatic carbocycles. The number of nitrogens with zero attached hydrogens (tertiary/aromatic N) is 2. The summed E-state index contributed by atoms with van der Waals surface area (Å²) in [4.78, 5) is 0. The summed E-state index contributed by atoms with van der Waals surface area (Å²) in [5.41, 5.74) is 3.50. The van der Waals surface area contributed by atoms with E-state index in [4.69, 9.17) is 0 Å². The Hall–Kier alpha value is -1.75. The highest BCUT2D eigenvalue weighted by Crippen LogP contribution is 2.43. The molecule has 2 aromatic rings. The molecule has 0 amide bonds. The molecule has 1 heterocycles. The molecule has 0 bridgehead atoms. The molecule has 1 aromatic heterocycles. The van der Waals surface area contributed by atoms with Gasteiger partial charge in [0.15, 0.2) is 0 Å². The van der Waals surface area contributed by atoms with E-state index >= 15 is 0 Å². The highest BCUT2D eigenvalue weighted by atomic mass is 14.9. The first kappa shape index (κ1) is 11.3. The van der Waals surface area contributed by atoms with Gasteiger partial charge in [0.05, 0.1) is 11.5 Å². The summed E-state index contributed by atoms with van der Waals surface area (Å²) in [6, 6.07) is 9.13. The molecule has 0 aliphatic heterocycles. The fourth-order valence-corrected chi connectivity index (χ4v) is 3.31. The maximum atomic E-state index is 9.65. The maximum Gasteiger partial charge on any atom is 0.0843 e. The van der Waals surface area contributed by atoms with Crippen LogP contribution in [0.1, 0.15) is 36.8 Å². The van der Waals surface area contributed by atoms with E-state index in [1.54, 1.807) is 0 Å². The van der Waals surface area contributed by atoms with Crippen molar-refractivity contribution in [3.63, 3.8) is 0 Å². The van der Waals surface area contributed by atoms with Gasteiger partial charge in [-0.05, 0) is 37.5 Å². The van der Waals surface area contributed by atoms with Crippen LogP contribution in [0.3, 0.4) is 0 Å². The fraction of sp³-hybridized carbons (Fsp3) is 0.438. The van der Waals surface area contributed by atoms with Crippen LogP contribution in [0.2, 0.25) is 0 Å². The van der Waals surface area contributed by atoms with Crippen molar-refractivity contribution in [3.8, 4) is 6.07 Å². The average molecular weight is 238 g/mol. The third-order valence-corrected chi connectivity index (χ3v) is 4.33. The van der Waals surface area contributed by atoms with Gasteiger partial charge in [0.1, 0.15) is 0 Å². The lowest BCUT2D eigenvalue weighted by Gasteiger charge is -2.19. The molecule has 1 saturated carbocycles. The molecule has 0 N–H and O–H groups in total. The van der Waals surface area contributed by atoms with Gasteiger partial charge >= 0.3 is 0 Å². The monoisotopic (exact) mass is 238 g/mol. The predicted octanol–water partition coefficient (Wildman–Crippen LogP) is 3.82. The summed E-state index contributed by atoms with van der Waals surface area (Å²) in [7, 11) is 2.07. The highest BCUT2D eigenvalue weighted by molar-refractivity contribution is 5.86. The quantitative estimate of drug-likeness (QED) is 0.742. The van der Waals surface area contributed by atoms with Crippen molar-refractivity contribution in [2.45, 2.75) is 38.0 Å². The van der Waals surface area contributed by atoms with Crippen LogP contribution in [0, 0.1) is 18.3 Å². The third kappa shape index (κ3) is 1.47. The molecule has 1 aliphatic rings. The minimum absolute atomic E-state index is 0.243. The lowest BCUT2D eigenvalue weighted by Crippen LogP contribution is -2.18. The van der Waals surface area contributed by atoms with Crippen LogP contribution in [0.4, 0.5) is 0 Å². The van der Waals surface area contributed by atoms with E-state index < -0.39 is 0 Å². The molecular formula is C16H18N2. The SMILES string of the molecule is Cc1ccc2c(c1)c(C1(C#N)CCCC1)cn2C. The first-order valence-corrected chi connectivity index (χ1v) is 6.64. The van der Waals surface area contributed by atoms with Crippen LogP contribution in [-0.4, -0.2) is 4.57 Å². The summed E-state index contributed by atoms with van der Waals surface area (Å²) in [5.74, 6) is 0. The van der Waals surface area contributed by atoms with Gasteiger partial charge in [0.2, 0.25) is 0 Å². The molecule has 1 aromatic carbocycles. The topological polar surface area (TPSA) is 28.7 Å². The second kappa shape index (κ2) is 3.88. The van der Waals surface area contributed by atoms with Crippen molar-refractivity contribution >= 4 is 10.9 Å². The Kier molecular flexibility index (Phi) is 2.45. The summed E-state index contributed by atoms with van der Waals surface area (Å²) in [6.45, 7) is 2.11. The molecule has 0 atom stereocenters. The Morgan fingerprint density at radius 1 is 1.28 bits per heavy atom. The van der Waals surface area contributed by atoms with Crippen molar-refractivity contribution in [2.24, 2.45) is 7.05 Å². The van der Waals surface area contributed by atoms with Crippen molar-refractivity contribution in [1.82, 2.24) is 4.57 Å². The minimum atomic E-state index is -0.243. The number of aryl methyl sites for hydroxylation is 2. The van der Waals surface area contributed by atoms with Gasteiger partial charge in [0.25, 0.3) is 0 Å². The van der Waals surface area contributed by atoms with E-state index in [1.165, 1.54) is 34.9 Å². The second-order valence-electron chi connectivity index (χ2n) is 5.58. The van der Waals surface area contributed by atoms with Gasteiger partial charge in [-0.25, -0.2) is 0 Å². The van der Waals surface area contributed by atoms with Gasteiger partial charge in [0, 0.05) is 24.1 Å². The summed E-state index contributed by atoms with van der Waals surface area (Å²) < 4.78 is 2.15. The lowest BCUT2D eigenvalue weighted by molar-refractivity contribution is 0.576. The first-order valence-electron chi connectivity index (χ1n) is 6.64. The standard InChI is InChI=1S/C16H18N2/c1-12-5-6-15-13(9-12)14(10-18(15)2)16(11-17)7-3-4-8-16/h5-6,9-10H,3-4,7-8H2,1-2H3. The molecule has 0 saturated heterocycles. The molecule has 2 heteroatoms. The number of aromatic nitrogens is 1. The molecule has 0 spiro atoms. The maximum absolute atomic E-state index is 9.65. The number of nitriles is 1. The van der Waals surface area contributed by atoms with Gasteiger partial charge < -0.3 is 4.57 Å². The van der Waals surface area contributed by atoms with E-state index in [2.05, 4.69) is 49.0 Å². The van der Waals surface area contributed by atoms with E-state index in [0.717, 1.165) is 12.8 Å². The molecule has 1 fully saturated rings. The van der Waals surface area contributed by atoms with Crippen LogP contribution in [-0.2, 0) is 12.5 Å². The highest BCUT2D eigenvalue weighted by Gasteiger charge is 2.37. The van der Waals surface area contributed by atoms with Gasteiger partial charge in [-0.15, -0.1) is 0 Å². The van der Waals surface area contributed by atoms with Crippen molar-refractivity contribution in [1.29, 1.82) is 5.26 Å². The van der Waals surface area contributed by atoms with Gasteiger partial charge in [-0.3, -0.25) is 0 Å². The first-order chi connectivity index (χ1) is 8.66. The van der Waals surface area contributed by atoms with Gasteiger partial charge in [-0.1, -0.05) is 24.5 Å². The molecular weight excluding hydrogens is 220 g/mol. The molecule has 92 valence electrons. The Morgan fingerprint density at radius 3 is 2.67 bits per heavy atom. The van der Waals surface area contributed by atoms with E-state index in [1.807, 2.05) is 0 Å². The Morgan fingerprint density at radius 2 is 2.00 bits per heavy atom. The van der Waals surface area contributed by atoms with E-state index in [9.17, 15) is 5.26 Å². The molecule has 18 heavy (non-hydrogen) atoms. The molecule has 0 radical (unpaired) electrons. The van der Waals surface area contributed by atoms with Crippen LogP contribution in [0.5, 0.6) is 0 Å². The third-order valence-electron chi connectivity index (χ3n) is 4.33. The largest absolute Gasteiger partial charge is 0.350 e. The Bertz CT molecular complexity index is 637. The predicted molar refractivity (Wildman–Crippen MR) is 73.4 cm³/mol. The summed E-state index contributed by atoms with van der Waals surface area (Å²) in [6.07, 6.45) is 6.54. The van der Waals surface area contributed by atoms with Gasteiger partial charge in [-0.2, -0.15) is 5.26 Å². The fourth-order valence-electron chi connectivity index (χ4n) is 3.31. The molecule has 0 unspecified atom stereocenters. The number of rotatable bonds is 1. The second-order valence-corrected chi connectivity index (χ2v) is 5.58. The zero-order chi connectivity index (χ0) is 12.8. The minimum Gasteiger partial charge on any atom is -0.350 e. The van der Waals surface area contributed by atoms with Crippen molar-refractivity contribution < 1.29 is 0 Å². The molecule has 2 nitrogen and oxygen atoms in total. The Balaban J connectivity index is 2.29. The zero-order valence-electron chi connectivity index (χ0n) is 11.0. The summed E-state index contributed by atoms with van der Waals surface area (Å²) >= 11 is 0. The number of benzene rings is 1. The lowest BCUT2D eigenvalue weighted by atomic mass is 9.80. The number of hydrogen-bond acceptors (Lipinski definition) is 1.